The molecule has 0 aromatic carbocycles. The summed E-state index contributed by atoms with van der Waals surface area (Å²) in [6.07, 6.45) is 0.971. The van der Waals surface area contributed by atoms with Crippen LogP contribution in [0.4, 0.5) is 0 Å². The SMILES string of the molecule is C=CCP(=O)(O)OC(=O)C(=C)C. The lowest BCUT2D eigenvalue weighted by molar-refractivity contribution is -0.130. The Bertz CT molecular complexity index is 256. The number of hydrogen-bond acceptors (Lipinski definition) is 3. The van der Waals surface area contributed by atoms with Crippen LogP contribution in [0.1, 0.15) is 6.92 Å². The Morgan fingerprint density at radius 3 is 2.58 bits per heavy atom. The van der Waals surface area contributed by atoms with Crippen LogP contribution in [0.15, 0.2) is 24.8 Å². The maximum absolute atomic E-state index is 10.9. The highest BCUT2D eigenvalue weighted by molar-refractivity contribution is 7.53. The molecule has 0 fully saturated rings. The van der Waals surface area contributed by atoms with Gasteiger partial charge < -0.3 is 9.42 Å². The van der Waals surface area contributed by atoms with Gasteiger partial charge in [-0.15, -0.1) is 6.58 Å². The van der Waals surface area contributed by atoms with Gasteiger partial charge >= 0.3 is 13.6 Å². The molecule has 0 aliphatic heterocycles. The van der Waals surface area contributed by atoms with E-state index in [0.29, 0.717) is 0 Å². The number of carbonyl (C=O) groups excluding carboxylic acids is 1. The van der Waals surface area contributed by atoms with Crippen molar-refractivity contribution in [1.29, 1.82) is 0 Å². The fraction of sp³-hybridized carbons (Fsp3) is 0.286. The molecule has 0 heterocycles. The van der Waals surface area contributed by atoms with Gasteiger partial charge in [0.05, 0.1) is 6.16 Å². The number of hydrogen-bond donors (Lipinski definition) is 1. The average molecular weight is 190 g/mol. The van der Waals surface area contributed by atoms with Crippen molar-refractivity contribution >= 4 is 13.6 Å². The van der Waals surface area contributed by atoms with Crippen LogP contribution in [0.2, 0.25) is 0 Å². The molecule has 0 saturated heterocycles. The normalized spacial score (nSPS) is 14.5. The highest BCUT2D eigenvalue weighted by Crippen LogP contribution is 2.42. The van der Waals surface area contributed by atoms with E-state index in [4.69, 9.17) is 4.89 Å². The number of rotatable bonds is 4. The number of carbonyl (C=O) groups is 1. The van der Waals surface area contributed by atoms with Gasteiger partial charge in [-0.2, -0.15) is 0 Å². The van der Waals surface area contributed by atoms with E-state index in [-0.39, 0.29) is 11.7 Å². The van der Waals surface area contributed by atoms with Gasteiger partial charge in [0.2, 0.25) is 0 Å². The molecule has 0 amide bonds. The zero-order chi connectivity index (χ0) is 9.78. The summed E-state index contributed by atoms with van der Waals surface area (Å²) in [7, 11) is -3.83. The van der Waals surface area contributed by atoms with E-state index >= 15 is 0 Å². The zero-order valence-corrected chi connectivity index (χ0v) is 7.71. The Morgan fingerprint density at radius 2 is 2.25 bits per heavy atom. The molecule has 0 spiro atoms. The first-order chi connectivity index (χ1) is 5.39. The van der Waals surface area contributed by atoms with Gasteiger partial charge in [-0.25, -0.2) is 9.36 Å². The van der Waals surface area contributed by atoms with Crippen molar-refractivity contribution in [1.82, 2.24) is 0 Å². The van der Waals surface area contributed by atoms with E-state index in [2.05, 4.69) is 17.7 Å². The van der Waals surface area contributed by atoms with Gasteiger partial charge in [0.25, 0.3) is 0 Å². The molecule has 5 heteroatoms. The molecule has 0 aliphatic carbocycles. The summed E-state index contributed by atoms with van der Waals surface area (Å²) in [5.74, 6) is -0.859. The molecule has 0 bridgehead atoms. The summed E-state index contributed by atoms with van der Waals surface area (Å²) in [5.41, 5.74) is 0.0911. The molecule has 0 aromatic rings. The van der Waals surface area contributed by atoms with E-state index in [9.17, 15) is 9.36 Å². The van der Waals surface area contributed by atoms with Crippen LogP contribution in [0.5, 0.6) is 0 Å². The summed E-state index contributed by atoms with van der Waals surface area (Å²) in [6, 6.07) is 0. The molecule has 1 atom stereocenters. The van der Waals surface area contributed by atoms with Crippen molar-refractivity contribution in [3.63, 3.8) is 0 Å². The summed E-state index contributed by atoms with van der Waals surface area (Å²) < 4.78 is 15.2. The molecule has 4 nitrogen and oxygen atoms in total. The van der Waals surface area contributed by atoms with Crippen LogP contribution in [0.3, 0.4) is 0 Å². The van der Waals surface area contributed by atoms with Crippen molar-refractivity contribution in [2.45, 2.75) is 6.92 Å². The second-order valence-electron chi connectivity index (χ2n) is 2.27. The zero-order valence-electron chi connectivity index (χ0n) is 6.82. The van der Waals surface area contributed by atoms with E-state index in [1.807, 2.05) is 0 Å². The molecule has 0 radical (unpaired) electrons. The summed E-state index contributed by atoms with van der Waals surface area (Å²) >= 11 is 0. The minimum atomic E-state index is -3.83. The van der Waals surface area contributed by atoms with Gasteiger partial charge in [0.15, 0.2) is 0 Å². The van der Waals surface area contributed by atoms with Crippen LogP contribution in [-0.4, -0.2) is 17.0 Å². The Labute approximate surface area is 71.1 Å². The lowest BCUT2D eigenvalue weighted by Gasteiger charge is -2.08. The molecule has 0 aromatic heterocycles. The molecule has 0 rings (SSSR count). The van der Waals surface area contributed by atoms with Crippen molar-refractivity contribution in [2.75, 3.05) is 6.16 Å². The molecule has 68 valence electrons. The van der Waals surface area contributed by atoms with E-state index in [1.165, 1.54) is 13.0 Å². The predicted molar refractivity (Wildman–Crippen MR) is 45.8 cm³/mol. The molecule has 0 saturated carbocycles. The van der Waals surface area contributed by atoms with Crippen LogP contribution in [0, 0.1) is 0 Å². The van der Waals surface area contributed by atoms with Crippen LogP contribution in [0.25, 0.3) is 0 Å². The van der Waals surface area contributed by atoms with Crippen LogP contribution < -0.4 is 0 Å². The molecular weight excluding hydrogens is 179 g/mol. The Kier molecular flexibility index (Phi) is 3.93. The minimum Gasteiger partial charge on any atom is -0.388 e. The topological polar surface area (TPSA) is 63.6 Å². The maximum Gasteiger partial charge on any atom is 0.382 e. The van der Waals surface area contributed by atoms with Gasteiger partial charge in [-0.05, 0) is 6.92 Å². The summed E-state index contributed by atoms with van der Waals surface area (Å²) in [6.45, 7) is 7.92. The van der Waals surface area contributed by atoms with Gasteiger partial charge in [-0.3, -0.25) is 0 Å². The van der Waals surface area contributed by atoms with E-state index in [1.54, 1.807) is 0 Å². The van der Waals surface area contributed by atoms with Gasteiger partial charge in [0, 0.05) is 5.57 Å². The van der Waals surface area contributed by atoms with Gasteiger partial charge in [-0.1, -0.05) is 12.7 Å². The second-order valence-corrected chi connectivity index (χ2v) is 4.09. The molecule has 1 unspecified atom stereocenters. The maximum atomic E-state index is 10.9. The average Bonchev–Trinajstić information content (AvgIpc) is 1.85. The predicted octanol–water partition coefficient (Wildman–Crippen LogP) is 1.48. The quantitative estimate of drug-likeness (QED) is 0.414. The standard InChI is InChI=1S/C7H11O4P/c1-4-5-12(9,10)11-7(8)6(2)3/h4H,1-2,5H2,3H3,(H,9,10). The Morgan fingerprint density at radius 1 is 1.75 bits per heavy atom. The first-order valence-corrected chi connectivity index (χ1v) is 4.97. The van der Waals surface area contributed by atoms with Crippen LogP contribution in [-0.2, 0) is 13.9 Å². The van der Waals surface area contributed by atoms with Gasteiger partial charge in [0.1, 0.15) is 0 Å². The summed E-state index contributed by atoms with van der Waals surface area (Å²) in [4.78, 5) is 19.7. The van der Waals surface area contributed by atoms with E-state index < -0.39 is 13.6 Å². The summed E-state index contributed by atoms with van der Waals surface area (Å²) in [5, 5.41) is 0. The molecule has 0 aliphatic rings. The second kappa shape index (κ2) is 4.24. The van der Waals surface area contributed by atoms with Crippen molar-refractivity contribution < 1.29 is 18.8 Å². The van der Waals surface area contributed by atoms with Crippen molar-refractivity contribution in [3.8, 4) is 0 Å². The third-order valence-electron chi connectivity index (χ3n) is 0.934. The lowest BCUT2D eigenvalue weighted by Crippen LogP contribution is -2.04. The smallest absolute Gasteiger partial charge is 0.382 e. The fourth-order valence-electron chi connectivity index (χ4n) is 0.408. The first-order valence-electron chi connectivity index (χ1n) is 3.21. The van der Waals surface area contributed by atoms with E-state index in [0.717, 1.165) is 0 Å². The first kappa shape index (κ1) is 11.1. The number of allylic oxidation sites excluding steroid dienone is 1. The highest BCUT2D eigenvalue weighted by Gasteiger charge is 2.22. The Balaban J connectivity index is 4.25. The highest BCUT2D eigenvalue weighted by atomic mass is 31.2. The lowest BCUT2D eigenvalue weighted by atomic mass is 10.4. The largest absolute Gasteiger partial charge is 0.388 e. The van der Waals surface area contributed by atoms with Crippen molar-refractivity contribution in [2.24, 2.45) is 0 Å². The monoisotopic (exact) mass is 190 g/mol. The molecular formula is C7H11O4P. The van der Waals surface area contributed by atoms with Crippen LogP contribution >= 0.6 is 7.60 Å². The van der Waals surface area contributed by atoms with Crippen molar-refractivity contribution in [3.05, 3.63) is 24.8 Å². The third kappa shape index (κ3) is 4.11. The molecule has 1 N–H and O–H groups in total. The Hall–Kier alpha value is -0.860. The minimum absolute atomic E-state index is 0.0911. The fourth-order valence-corrected chi connectivity index (χ4v) is 1.22. The molecule has 12 heavy (non-hydrogen) atoms. The third-order valence-corrected chi connectivity index (χ3v) is 2.10.